The van der Waals surface area contributed by atoms with E-state index in [1.54, 1.807) is 19.1 Å². The fourth-order valence-corrected chi connectivity index (χ4v) is 4.17. The van der Waals surface area contributed by atoms with Crippen molar-refractivity contribution in [2.24, 2.45) is 0 Å². The van der Waals surface area contributed by atoms with Gasteiger partial charge < -0.3 is 19.9 Å². The summed E-state index contributed by atoms with van der Waals surface area (Å²) in [5, 5.41) is 10.5. The maximum Gasteiger partial charge on any atom is 0.307 e. The lowest BCUT2D eigenvalue weighted by molar-refractivity contribution is -0.142. The molecule has 202 valence electrons. The van der Waals surface area contributed by atoms with Crippen LogP contribution in [0.25, 0.3) is 22.8 Å². The van der Waals surface area contributed by atoms with Gasteiger partial charge in [0.05, 0.1) is 19.1 Å². The van der Waals surface area contributed by atoms with Gasteiger partial charge in [0.2, 0.25) is 5.82 Å². The zero-order valence-electron chi connectivity index (χ0n) is 22.4. The Morgan fingerprint density at radius 1 is 0.923 bits per heavy atom. The monoisotopic (exact) mass is 526 g/mol. The summed E-state index contributed by atoms with van der Waals surface area (Å²) in [6.07, 6.45) is 3.28. The number of aromatic nitrogens is 2. The van der Waals surface area contributed by atoms with Gasteiger partial charge >= 0.3 is 5.97 Å². The number of rotatable bonds is 13. The van der Waals surface area contributed by atoms with E-state index in [9.17, 15) is 9.59 Å². The highest BCUT2D eigenvalue weighted by atomic mass is 16.5. The topological polar surface area (TPSA) is 106 Å². The number of carbonyl (C=O) groups excluding carboxylic acids is 2. The van der Waals surface area contributed by atoms with E-state index in [0.29, 0.717) is 23.9 Å². The largest absolute Gasteiger partial charge is 0.466 e. The molecule has 1 aromatic heterocycles. The Bertz CT molecular complexity index is 1340. The van der Waals surface area contributed by atoms with Gasteiger partial charge in [-0.05, 0) is 55.3 Å². The standard InChI is InChI=1S/C31H34N4O4/c1-3-5-11-27(33-26-18-16-24(17-19-26)30(37)32-21-20-28(36)38-4-2)22-12-14-23(15-13-22)29-34-31(39-35-29)25-9-7-6-8-10-25/h6-10,12-19,27,33H,3-5,11,20-21H2,1-2H3,(H,32,37). The summed E-state index contributed by atoms with van der Waals surface area (Å²) in [5.41, 5.74) is 4.39. The van der Waals surface area contributed by atoms with Crippen LogP contribution in [-0.4, -0.2) is 35.2 Å². The van der Waals surface area contributed by atoms with E-state index >= 15 is 0 Å². The molecule has 0 spiro atoms. The summed E-state index contributed by atoms with van der Waals surface area (Å²) < 4.78 is 10.3. The lowest BCUT2D eigenvalue weighted by Crippen LogP contribution is -2.26. The van der Waals surface area contributed by atoms with Crippen molar-refractivity contribution in [3.05, 3.63) is 90.0 Å². The Morgan fingerprint density at radius 2 is 1.67 bits per heavy atom. The third kappa shape index (κ3) is 7.77. The van der Waals surface area contributed by atoms with Crippen LogP contribution < -0.4 is 10.6 Å². The van der Waals surface area contributed by atoms with E-state index in [2.05, 4.69) is 39.8 Å². The molecule has 2 N–H and O–H groups in total. The first kappa shape index (κ1) is 27.6. The summed E-state index contributed by atoms with van der Waals surface area (Å²) in [7, 11) is 0. The minimum atomic E-state index is -0.322. The van der Waals surface area contributed by atoms with E-state index in [-0.39, 0.29) is 30.9 Å². The molecule has 1 heterocycles. The van der Waals surface area contributed by atoms with E-state index in [1.807, 2.05) is 54.6 Å². The molecule has 4 rings (SSSR count). The zero-order valence-corrected chi connectivity index (χ0v) is 22.4. The number of benzene rings is 3. The summed E-state index contributed by atoms with van der Waals surface area (Å²) >= 11 is 0. The van der Waals surface area contributed by atoms with Crippen LogP contribution >= 0.6 is 0 Å². The van der Waals surface area contributed by atoms with Crippen LogP contribution in [0.1, 0.15) is 61.5 Å². The molecular weight excluding hydrogens is 492 g/mol. The number of nitrogens with one attached hydrogen (secondary N) is 2. The first-order valence-electron chi connectivity index (χ1n) is 13.4. The van der Waals surface area contributed by atoms with Gasteiger partial charge in [-0.3, -0.25) is 9.59 Å². The molecule has 1 atom stereocenters. The molecule has 1 unspecified atom stereocenters. The number of carbonyl (C=O) groups is 2. The van der Waals surface area contributed by atoms with Crippen molar-refractivity contribution in [1.29, 1.82) is 0 Å². The Morgan fingerprint density at radius 3 is 2.36 bits per heavy atom. The Hall–Kier alpha value is -4.46. The van der Waals surface area contributed by atoms with Crippen molar-refractivity contribution in [2.75, 3.05) is 18.5 Å². The molecule has 4 aromatic rings. The molecule has 1 amide bonds. The zero-order chi connectivity index (χ0) is 27.5. The second-order valence-electron chi connectivity index (χ2n) is 9.14. The molecular formula is C31H34N4O4. The third-order valence-corrected chi connectivity index (χ3v) is 6.27. The van der Waals surface area contributed by atoms with Crippen molar-refractivity contribution in [3.63, 3.8) is 0 Å². The van der Waals surface area contributed by atoms with Gasteiger partial charge in [0, 0.05) is 28.9 Å². The minimum absolute atomic E-state index is 0.105. The predicted octanol–water partition coefficient (Wildman–Crippen LogP) is 6.43. The maximum atomic E-state index is 12.4. The summed E-state index contributed by atoms with van der Waals surface area (Å²) in [6.45, 7) is 4.50. The van der Waals surface area contributed by atoms with Crippen LogP contribution in [0.2, 0.25) is 0 Å². The number of esters is 1. The van der Waals surface area contributed by atoms with E-state index in [0.717, 1.165) is 41.6 Å². The van der Waals surface area contributed by atoms with E-state index in [4.69, 9.17) is 9.26 Å². The van der Waals surface area contributed by atoms with Gasteiger partial charge in [-0.15, -0.1) is 0 Å². The first-order chi connectivity index (χ1) is 19.1. The molecule has 0 bridgehead atoms. The number of hydrogen-bond donors (Lipinski definition) is 2. The van der Waals surface area contributed by atoms with Crippen LogP contribution in [0.15, 0.2) is 83.4 Å². The highest BCUT2D eigenvalue weighted by Crippen LogP contribution is 2.28. The highest BCUT2D eigenvalue weighted by molar-refractivity contribution is 5.94. The molecule has 0 saturated heterocycles. The molecule has 0 aliphatic carbocycles. The quantitative estimate of drug-likeness (QED) is 0.193. The Kier molecular flexibility index (Phi) is 9.83. The smallest absolute Gasteiger partial charge is 0.307 e. The summed E-state index contributed by atoms with van der Waals surface area (Å²) in [5.74, 6) is 0.501. The first-order valence-corrected chi connectivity index (χ1v) is 13.4. The van der Waals surface area contributed by atoms with Gasteiger partial charge in [0.15, 0.2) is 0 Å². The van der Waals surface area contributed by atoms with Crippen molar-refractivity contribution >= 4 is 17.6 Å². The van der Waals surface area contributed by atoms with Gasteiger partial charge in [0.1, 0.15) is 0 Å². The maximum absolute atomic E-state index is 12.4. The molecule has 8 heteroatoms. The van der Waals surface area contributed by atoms with Crippen molar-refractivity contribution < 1.29 is 18.8 Å². The summed E-state index contributed by atoms with van der Waals surface area (Å²) in [6, 6.07) is 25.4. The van der Waals surface area contributed by atoms with Gasteiger partial charge in [-0.2, -0.15) is 4.98 Å². The Labute approximate surface area is 228 Å². The van der Waals surface area contributed by atoms with Crippen molar-refractivity contribution in [1.82, 2.24) is 15.5 Å². The second kappa shape index (κ2) is 13.9. The van der Waals surface area contributed by atoms with Crippen molar-refractivity contribution in [3.8, 4) is 22.8 Å². The second-order valence-corrected chi connectivity index (χ2v) is 9.14. The van der Waals surface area contributed by atoms with Gasteiger partial charge in [-0.25, -0.2) is 0 Å². The number of hydrogen-bond acceptors (Lipinski definition) is 7. The van der Waals surface area contributed by atoms with Gasteiger partial charge in [0.25, 0.3) is 11.8 Å². The van der Waals surface area contributed by atoms with E-state index < -0.39 is 0 Å². The number of nitrogens with zero attached hydrogens (tertiary/aromatic N) is 2. The van der Waals surface area contributed by atoms with Gasteiger partial charge in [-0.1, -0.05) is 67.4 Å². The van der Waals surface area contributed by atoms with Crippen LogP contribution in [0.5, 0.6) is 0 Å². The summed E-state index contributed by atoms with van der Waals surface area (Å²) in [4.78, 5) is 28.4. The minimum Gasteiger partial charge on any atom is -0.466 e. The fraction of sp³-hybridized carbons (Fsp3) is 0.290. The lowest BCUT2D eigenvalue weighted by Gasteiger charge is -2.21. The SMILES string of the molecule is CCCCC(Nc1ccc(C(=O)NCCC(=O)OCC)cc1)c1ccc(-c2noc(-c3ccccc3)n2)cc1. The van der Waals surface area contributed by atoms with Crippen LogP contribution in [0.4, 0.5) is 5.69 Å². The molecule has 0 saturated carbocycles. The van der Waals surface area contributed by atoms with Crippen LogP contribution in [0.3, 0.4) is 0 Å². The van der Waals surface area contributed by atoms with E-state index in [1.165, 1.54) is 0 Å². The predicted molar refractivity (Wildman–Crippen MR) is 151 cm³/mol. The number of unbranched alkanes of at least 4 members (excludes halogenated alkanes) is 1. The molecule has 0 aliphatic heterocycles. The average molecular weight is 527 g/mol. The molecule has 39 heavy (non-hydrogen) atoms. The highest BCUT2D eigenvalue weighted by Gasteiger charge is 2.15. The number of anilines is 1. The van der Waals surface area contributed by atoms with Crippen molar-refractivity contribution in [2.45, 2.75) is 45.6 Å². The molecule has 0 radical (unpaired) electrons. The van der Waals surface area contributed by atoms with Crippen LogP contribution in [0, 0.1) is 0 Å². The normalized spacial score (nSPS) is 11.5. The molecule has 0 aliphatic rings. The lowest BCUT2D eigenvalue weighted by atomic mass is 9.99. The average Bonchev–Trinajstić information content (AvgIpc) is 3.47. The number of amides is 1. The third-order valence-electron chi connectivity index (χ3n) is 6.27. The molecule has 8 nitrogen and oxygen atoms in total. The molecule has 0 fully saturated rings. The number of ether oxygens (including phenoxy) is 1. The van der Waals surface area contributed by atoms with Crippen LogP contribution in [-0.2, 0) is 9.53 Å². The Balaban J connectivity index is 1.39. The molecule has 3 aromatic carbocycles. The fourth-order valence-electron chi connectivity index (χ4n) is 4.17.